The lowest BCUT2D eigenvalue weighted by atomic mass is 9.99. The Morgan fingerprint density at radius 1 is 1.00 bits per heavy atom. The smallest absolute Gasteiger partial charge is 0.336 e. The van der Waals surface area contributed by atoms with Crippen LogP contribution in [0.5, 0.6) is 0 Å². The van der Waals surface area contributed by atoms with E-state index in [4.69, 9.17) is 0 Å². The number of fused-ring (bicyclic) bond motifs is 1. The summed E-state index contributed by atoms with van der Waals surface area (Å²) in [5.74, 6) is -0.565. The summed E-state index contributed by atoms with van der Waals surface area (Å²) in [5.41, 5.74) is 5.97. The van der Waals surface area contributed by atoms with E-state index in [2.05, 4.69) is 41.2 Å². The van der Waals surface area contributed by atoms with Gasteiger partial charge >= 0.3 is 5.97 Å². The second-order valence-corrected chi connectivity index (χ2v) is 7.30. The molecule has 2 heterocycles. The lowest BCUT2D eigenvalue weighted by Gasteiger charge is -2.08. The number of hydrogen-bond acceptors (Lipinski definition) is 3. The Morgan fingerprint density at radius 3 is 2.25 bits per heavy atom. The SMILES string of the molecule is Cc1ccc(-c2[nH]nc3nc(-c4ccc(C(C)C)cc4)cc(C(=O)O)c23)cc1. The first-order valence-electron chi connectivity index (χ1n) is 9.24. The number of hydrogen-bond donors (Lipinski definition) is 2. The average Bonchev–Trinajstić information content (AvgIpc) is 3.12. The molecule has 0 saturated carbocycles. The number of carboxylic acids is 1. The minimum Gasteiger partial charge on any atom is -0.478 e. The van der Waals surface area contributed by atoms with Crippen LogP contribution < -0.4 is 0 Å². The van der Waals surface area contributed by atoms with Crippen molar-refractivity contribution in [2.75, 3.05) is 0 Å². The molecule has 0 fully saturated rings. The van der Waals surface area contributed by atoms with E-state index in [0.717, 1.165) is 16.7 Å². The predicted octanol–water partition coefficient (Wildman–Crippen LogP) is 5.42. The van der Waals surface area contributed by atoms with E-state index in [9.17, 15) is 9.90 Å². The van der Waals surface area contributed by atoms with Crippen LogP contribution in [0.15, 0.2) is 54.6 Å². The van der Waals surface area contributed by atoms with Crippen LogP contribution >= 0.6 is 0 Å². The molecule has 0 atom stereocenters. The summed E-state index contributed by atoms with van der Waals surface area (Å²) in [4.78, 5) is 16.6. The van der Waals surface area contributed by atoms with Crippen molar-refractivity contribution in [2.24, 2.45) is 0 Å². The Balaban J connectivity index is 1.88. The molecule has 0 aliphatic heterocycles. The molecule has 2 aromatic carbocycles. The van der Waals surface area contributed by atoms with Crippen LogP contribution in [-0.4, -0.2) is 26.3 Å². The Hall–Kier alpha value is -3.47. The van der Waals surface area contributed by atoms with Crippen molar-refractivity contribution < 1.29 is 9.90 Å². The maximum Gasteiger partial charge on any atom is 0.336 e. The summed E-state index contributed by atoms with van der Waals surface area (Å²) in [6.45, 7) is 6.28. The van der Waals surface area contributed by atoms with Gasteiger partial charge in [-0.05, 0) is 24.5 Å². The zero-order valence-corrected chi connectivity index (χ0v) is 16.0. The zero-order chi connectivity index (χ0) is 19.8. The number of nitrogens with zero attached hydrogens (tertiary/aromatic N) is 2. The predicted molar refractivity (Wildman–Crippen MR) is 111 cm³/mol. The number of benzene rings is 2. The number of aromatic carboxylic acids is 1. The van der Waals surface area contributed by atoms with Crippen molar-refractivity contribution >= 4 is 17.0 Å². The van der Waals surface area contributed by atoms with Gasteiger partial charge in [-0.2, -0.15) is 5.10 Å². The van der Waals surface area contributed by atoms with Crippen LogP contribution in [0.3, 0.4) is 0 Å². The fraction of sp³-hybridized carbons (Fsp3) is 0.174. The highest BCUT2D eigenvalue weighted by molar-refractivity contribution is 6.08. The van der Waals surface area contributed by atoms with Crippen LogP contribution in [0.4, 0.5) is 0 Å². The molecule has 0 unspecified atom stereocenters. The summed E-state index contributed by atoms with van der Waals surface area (Å²) in [6.07, 6.45) is 0. The van der Waals surface area contributed by atoms with Gasteiger partial charge in [0, 0.05) is 11.1 Å². The van der Waals surface area contributed by atoms with Crippen LogP contribution in [0.1, 0.15) is 41.3 Å². The van der Waals surface area contributed by atoms with E-state index >= 15 is 0 Å². The third kappa shape index (κ3) is 3.16. The molecule has 4 aromatic rings. The van der Waals surface area contributed by atoms with Crippen molar-refractivity contribution in [3.8, 4) is 22.5 Å². The lowest BCUT2D eigenvalue weighted by Crippen LogP contribution is -2.00. The molecule has 0 radical (unpaired) electrons. The summed E-state index contributed by atoms with van der Waals surface area (Å²) in [6, 6.07) is 17.6. The molecule has 140 valence electrons. The maximum absolute atomic E-state index is 12.0. The summed E-state index contributed by atoms with van der Waals surface area (Å²) in [7, 11) is 0. The Labute approximate surface area is 163 Å². The Kier molecular flexibility index (Phi) is 4.43. The molecule has 28 heavy (non-hydrogen) atoms. The van der Waals surface area contributed by atoms with Crippen LogP contribution in [0, 0.1) is 6.92 Å². The molecule has 5 nitrogen and oxygen atoms in total. The van der Waals surface area contributed by atoms with E-state index in [-0.39, 0.29) is 5.56 Å². The maximum atomic E-state index is 12.0. The van der Waals surface area contributed by atoms with Crippen LogP contribution in [0.2, 0.25) is 0 Å². The molecule has 4 rings (SSSR count). The monoisotopic (exact) mass is 371 g/mol. The molecule has 5 heteroatoms. The van der Waals surface area contributed by atoms with Gasteiger partial charge in [0.15, 0.2) is 5.65 Å². The van der Waals surface area contributed by atoms with E-state index in [1.807, 2.05) is 43.3 Å². The van der Waals surface area contributed by atoms with E-state index in [1.165, 1.54) is 5.56 Å². The molecular formula is C23H21N3O2. The number of aromatic nitrogens is 3. The van der Waals surface area contributed by atoms with Gasteiger partial charge in [-0.1, -0.05) is 67.9 Å². The van der Waals surface area contributed by atoms with E-state index < -0.39 is 5.97 Å². The second-order valence-electron chi connectivity index (χ2n) is 7.30. The largest absolute Gasteiger partial charge is 0.478 e. The van der Waals surface area contributed by atoms with Gasteiger partial charge in [-0.3, -0.25) is 5.10 Å². The number of aryl methyl sites for hydroxylation is 1. The Bertz CT molecular complexity index is 1160. The molecule has 0 aliphatic rings. The molecule has 0 spiro atoms. The van der Waals surface area contributed by atoms with Crippen molar-refractivity contribution in [3.05, 3.63) is 71.3 Å². The first-order chi connectivity index (χ1) is 13.4. The van der Waals surface area contributed by atoms with Crippen molar-refractivity contribution in [3.63, 3.8) is 0 Å². The molecule has 2 aromatic heterocycles. The van der Waals surface area contributed by atoms with Gasteiger partial charge in [-0.25, -0.2) is 9.78 Å². The zero-order valence-electron chi connectivity index (χ0n) is 16.0. The van der Waals surface area contributed by atoms with Gasteiger partial charge in [0.2, 0.25) is 0 Å². The number of aromatic amines is 1. The number of H-pyrrole nitrogens is 1. The van der Waals surface area contributed by atoms with Crippen molar-refractivity contribution in [1.29, 1.82) is 0 Å². The number of pyridine rings is 1. The topological polar surface area (TPSA) is 78.9 Å². The second kappa shape index (κ2) is 6.93. The average molecular weight is 371 g/mol. The normalized spacial score (nSPS) is 11.3. The highest BCUT2D eigenvalue weighted by Crippen LogP contribution is 2.32. The quantitative estimate of drug-likeness (QED) is 0.502. The molecular weight excluding hydrogens is 350 g/mol. The van der Waals surface area contributed by atoms with Crippen LogP contribution in [0.25, 0.3) is 33.5 Å². The standard InChI is InChI=1S/C23H21N3O2/c1-13(2)15-8-10-16(11-9-15)19-12-18(23(27)28)20-21(25-26-22(20)24-19)17-6-4-14(3)5-7-17/h4-13H,1-3H3,(H,27,28)(H,24,25,26). The molecule has 0 saturated heterocycles. The molecule has 0 amide bonds. The lowest BCUT2D eigenvalue weighted by molar-refractivity contribution is 0.0699. The third-order valence-electron chi connectivity index (χ3n) is 4.97. The number of carboxylic acid groups (broad SMARTS) is 1. The first-order valence-corrected chi connectivity index (χ1v) is 9.24. The van der Waals surface area contributed by atoms with Gasteiger partial charge in [-0.15, -0.1) is 0 Å². The Morgan fingerprint density at radius 2 is 1.64 bits per heavy atom. The first kappa shape index (κ1) is 17.9. The summed E-state index contributed by atoms with van der Waals surface area (Å²) < 4.78 is 0. The fourth-order valence-electron chi connectivity index (χ4n) is 3.31. The summed E-state index contributed by atoms with van der Waals surface area (Å²) >= 11 is 0. The van der Waals surface area contributed by atoms with E-state index in [1.54, 1.807) is 6.07 Å². The minimum absolute atomic E-state index is 0.192. The van der Waals surface area contributed by atoms with Gasteiger partial charge in [0.25, 0.3) is 0 Å². The molecule has 0 bridgehead atoms. The van der Waals surface area contributed by atoms with Gasteiger partial charge in [0.1, 0.15) is 0 Å². The fourth-order valence-corrected chi connectivity index (χ4v) is 3.31. The third-order valence-corrected chi connectivity index (χ3v) is 4.97. The van der Waals surface area contributed by atoms with Crippen LogP contribution in [-0.2, 0) is 0 Å². The van der Waals surface area contributed by atoms with E-state index in [0.29, 0.717) is 28.3 Å². The van der Waals surface area contributed by atoms with Gasteiger partial charge in [0.05, 0.1) is 22.3 Å². The number of carbonyl (C=O) groups is 1. The number of rotatable bonds is 4. The minimum atomic E-state index is -0.998. The molecule has 2 N–H and O–H groups in total. The van der Waals surface area contributed by atoms with Crippen molar-refractivity contribution in [1.82, 2.24) is 15.2 Å². The number of nitrogens with one attached hydrogen (secondary N) is 1. The van der Waals surface area contributed by atoms with Crippen molar-refractivity contribution in [2.45, 2.75) is 26.7 Å². The molecule has 0 aliphatic carbocycles. The highest BCUT2D eigenvalue weighted by atomic mass is 16.4. The highest BCUT2D eigenvalue weighted by Gasteiger charge is 2.19. The van der Waals surface area contributed by atoms with Gasteiger partial charge < -0.3 is 5.11 Å². The summed E-state index contributed by atoms with van der Waals surface area (Å²) in [5, 5.41) is 17.6.